The highest BCUT2D eigenvalue weighted by atomic mass is 35.5. The molecule has 0 aliphatic carbocycles. The number of aromatic nitrogens is 1. The van der Waals surface area contributed by atoms with Crippen LogP contribution >= 0.6 is 22.9 Å². The van der Waals surface area contributed by atoms with Gasteiger partial charge in [0.1, 0.15) is 15.6 Å². The van der Waals surface area contributed by atoms with E-state index in [0.29, 0.717) is 22.2 Å². The Balaban J connectivity index is 1.45. The van der Waals surface area contributed by atoms with Gasteiger partial charge >= 0.3 is 0 Å². The number of carbonyl (C=O) groups excluding carboxylic acids is 1. The predicted molar refractivity (Wildman–Crippen MR) is 118 cm³/mol. The van der Waals surface area contributed by atoms with Crippen LogP contribution in [0.25, 0.3) is 21.1 Å². The average Bonchev–Trinajstić information content (AvgIpc) is 3.40. The fourth-order valence-corrected chi connectivity index (χ4v) is 5.28. The molecular weight excluding hydrogens is 404 g/mol. The Labute approximate surface area is 177 Å². The Morgan fingerprint density at radius 2 is 2.00 bits per heavy atom. The normalized spacial score (nSPS) is 16.6. The van der Waals surface area contributed by atoms with Crippen LogP contribution in [0.5, 0.6) is 5.75 Å². The second-order valence-corrected chi connectivity index (χ2v) is 8.70. The van der Waals surface area contributed by atoms with Gasteiger partial charge in [-0.15, -0.1) is 11.3 Å². The number of hydrogen-bond acceptors (Lipinski definition) is 4. The van der Waals surface area contributed by atoms with E-state index in [1.165, 1.54) is 16.9 Å². The first kappa shape index (κ1) is 18.4. The summed E-state index contributed by atoms with van der Waals surface area (Å²) in [5.74, 6) is 1.09. The lowest BCUT2D eigenvalue weighted by Gasteiger charge is -2.15. The molecule has 1 aliphatic rings. The van der Waals surface area contributed by atoms with E-state index >= 15 is 0 Å². The van der Waals surface area contributed by atoms with Crippen LogP contribution in [0.2, 0.25) is 5.02 Å². The number of halogens is 1. The lowest BCUT2D eigenvalue weighted by molar-refractivity contribution is 0.0795. The lowest BCUT2D eigenvalue weighted by atomic mass is 9.99. The van der Waals surface area contributed by atoms with Crippen LogP contribution in [0.15, 0.2) is 54.6 Å². The van der Waals surface area contributed by atoms with Gasteiger partial charge in [0.05, 0.1) is 17.5 Å². The maximum Gasteiger partial charge on any atom is 0.264 e. The van der Waals surface area contributed by atoms with Gasteiger partial charge in [0.2, 0.25) is 0 Å². The number of amides is 1. The molecule has 3 heterocycles. The van der Waals surface area contributed by atoms with Gasteiger partial charge in [0, 0.05) is 29.8 Å². The van der Waals surface area contributed by atoms with Crippen LogP contribution in [0.1, 0.15) is 27.6 Å². The molecule has 0 saturated carbocycles. The Hall–Kier alpha value is -2.63. The smallest absolute Gasteiger partial charge is 0.264 e. The van der Waals surface area contributed by atoms with Crippen molar-refractivity contribution in [3.63, 3.8) is 0 Å². The van der Waals surface area contributed by atoms with Crippen molar-refractivity contribution < 1.29 is 9.53 Å². The molecule has 146 valence electrons. The minimum atomic E-state index is 0.0826. The summed E-state index contributed by atoms with van der Waals surface area (Å²) >= 11 is 7.86. The van der Waals surface area contributed by atoms with Gasteiger partial charge in [-0.25, -0.2) is 4.98 Å². The third-order valence-corrected chi connectivity index (χ3v) is 6.95. The first-order chi connectivity index (χ1) is 14.1. The number of likely N-dealkylation sites (tertiary alicyclic amines) is 1. The minimum absolute atomic E-state index is 0.0826. The molecule has 0 N–H and O–H groups in total. The third kappa shape index (κ3) is 3.24. The molecule has 0 bridgehead atoms. The highest BCUT2D eigenvalue weighted by molar-refractivity contribution is 7.20. The summed E-state index contributed by atoms with van der Waals surface area (Å²) < 4.78 is 5.29. The molecule has 2 aromatic carbocycles. The first-order valence-electron chi connectivity index (χ1n) is 9.55. The van der Waals surface area contributed by atoms with E-state index in [-0.39, 0.29) is 5.91 Å². The summed E-state index contributed by atoms with van der Waals surface area (Å²) in [5, 5.41) is 2.40. The fourth-order valence-electron chi connectivity index (χ4n) is 4.01. The molecule has 4 aromatic rings. The summed E-state index contributed by atoms with van der Waals surface area (Å²) in [6.07, 6.45) is 0.998. The minimum Gasteiger partial charge on any atom is -0.495 e. The van der Waals surface area contributed by atoms with Crippen molar-refractivity contribution in [2.75, 3.05) is 20.2 Å². The number of rotatable bonds is 3. The van der Waals surface area contributed by atoms with Crippen molar-refractivity contribution in [2.45, 2.75) is 12.3 Å². The van der Waals surface area contributed by atoms with Crippen molar-refractivity contribution in [1.82, 2.24) is 9.88 Å². The van der Waals surface area contributed by atoms with E-state index in [0.717, 1.165) is 40.0 Å². The van der Waals surface area contributed by atoms with E-state index < -0.39 is 0 Å². The Kier molecular flexibility index (Phi) is 4.64. The topological polar surface area (TPSA) is 42.4 Å². The molecule has 1 unspecified atom stereocenters. The molecule has 1 atom stereocenters. The summed E-state index contributed by atoms with van der Waals surface area (Å²) in [5.41, 5.74) is 2.00. The monoisotopic (exact) mass is 422 g/mol. The maximum atomic E-state index is 13.1. The SMILES string of the molecule is COc1ccc2cc3cc(C(=O)N4CCC(c5ccccc5)C4)sc3nc2c1Cl. The van der Waals surface area contributed by atoms with Gasteiger partial charge in [0.25, 0.3) is 5.91 Å². The summed E-state index contributed by atoms with van der Waals surface area (Å²) in [4.78, 5) is 21.3. The fraction of sp³-hybridized carbons (Fsp3) is 0.217. The summed E-state index contributed by atoms with van der Waals surface area (Å²) in [6.45, 7) is 1.54. The Morgan fingerprint density at radius 1 is 1.17 bits per heavy atom. The van der Waals surface area contributed by atoms with Crippen LogP contribution < -0.4 is 4.74 Å². The highest BCUT2D eigenvalue weighted by Crippen LogP contribution is 2.36. The zero-order chi connectivity index (χ0) is 20.0. The van der Waals surface area contributed by atoms with Crippen LogP contribution in [0.4, 0.5) is 0 Å². The zero-order valence-electron chi connectivity index (χ0n) is 15.9. The highest BCUT2D eigenvalue weighted by Gasteiger charge is 2.29. The van der Waals surface area contributed by atoms with Crippen LogP contribution in [0, 0.1) is 0 Å². The standard InChI is InChI=1S/C23H19ClN2O2S/c1-28-18-8-7-15-11-17-12-19(29-22(17)25-21(15)20(18)24)23(27)26-10-9-16(13-26)14-5-3-2-4-6-14/h2-8,11-12,16H,9-10,13H2,1H3. The second-order valence-electron chi connectivity index (χ2n) is 7.29. The summed E-state index contributed by atoms with van der Waals surface area (Å²) in [6, 6.07) is 18.2. The maximum absolute atomic E-state index is 13.1. The molecule has 1 aliphatic heterocycles. The van der Waals surface area contributed by atoms with E-state index in [1.54, 1.807) is 7.11 Å². The first-order valence-corrected chi connectivity index (χ1v) is 10.7. The van der Waals surface area contributed by atoms with Gasteiger partial charge < -0.3 is 9.64 Å². The molecule has 6 heteroatoms. The Bertz CT molecular complexity index is 1220. The van der Waals surface area contributed by atoms with Crippen molar-refractivity contribution in [3.8, 4) is 5.75 Å². The number of pyridine rings is 1. The number of nitrogens with zero attached hydrogens (tertiary/aromatic N) is 2. The van der Waals surface area contributed by atoms with Crippen LogP contribution in [0.3, 0.4) is 0 Å². The quantitative estimate of drug-likeness (QED) is 0.422. The van der Waals surface area contributed by atoms with Gasteiger partial charge in [-0.3, -0.25) is 4.79 Å². The number of benzene rings is 2. The molecule has 5 rings (SSSR count). The molecule has 1 fully saturated rings. The Morgan fingerprint density at radius 3 is 2.79 bits per heavy atom. The van der Waals surface area contributed by atoms with Gasteiger partial charge in [0.15, 0.2) is 0 Å². The molecule has 0 spiro atoms. The largest absolute Gasteiger partial charge is 0.495 e. The van der Waals surface area contributed by atoms with Crippen LogP contribution in [-0.2, 0) is 0 Å². The molecule has 1 amide bonds. The number of methoxy groups -OCH3 is 1. The van der Waals surface area contributed by atoms with Crippen molar-refractivity contribution in [3.05, 3.63) is 70.1 Å². The van der Waals surface area contributed by atoms with Crippen molar-refractivity contribution >= 4 is 50.0 Å². The number of hydrogen-bond donors (Lipinski definition) is 0. The number of fused-ring (bicyclic) bond motifs is 2. The third-order valence-electron chi connectivity index (χ3n) is 5.55. The molecule has 0 radical (unpaired) electrons. The molecule has 2 aromatic heterocycles. The number of thiophene rings is 1. The zero-order valence-corrected chi connectivity index (χ0v) is 17.5. The van der Waals surface area contributed by atoms with E-state index in [2.05, 4.69) is 24.3 Å². The molecule has 4 nitrogen and oxygen atoms in total. The average molecular weight is 423 g/mol. The molecule has 29 heavy (non-hydrogen) atoms. The van der Waals surface area contributed by atoms with Gasteiger partial charge in [-0.05, 0) is 36.2 Å². The van der Waals surface area contributed by atoms with E-state index in [4.69, 9.17) is 21.3 Å². The molecule has 1 saturated heterocycles. The van der Waals surface area contributed by atoms with Gasteiger partial charge in [-0.2, -0.15) is 0 Å². The summed E-state index contributed by atoms with van der Waals surface area (Å²) in [7, 11) is 1.59. The number of ether oxygens (including phenoxy) is 1. The van der Waals surface area contributed by atoms with Crippen molar-refractivity contribution in [1.29, 1.82) is 0 Å². The molecular formula is C23H19ClN2O2S. The predicted octanol–water partition coefficient (Wildman–Crippen LogP) is 5.74. The lowest BCUT2D eigenvalue weighted by Crippen LogP contribution is -2.27. The van der Waals surface area contributed by atoms with Crippen LogP contribution in [-0.4, -0.2) is 36.0 Å². The second kappa shape index (κ2) is 7.32. The van der Waals surface area contributed by atoms with Gasteiger partial charge in [-0.1, -0.05) is 41.9 Å². The van der Waals surface area contributed by atoms with Crippen molar-refractivity contribution in [2.24, 2.45) is 0 Å². The van der Waals surface area contributed by atoms with E-state index in [1.807, 2.05) is 35.2 Å². The number of carbonyl (C=O) groups is 1. The van der Waals surface area contributed by atoms with E-state index in [9.17, 15) is 4.79 Å².